The molecular formula is C29H20ClNO6. The van der Waals surface area contributed by atoms with Crippen LogP contribution in [0.25, 0.3) is 5.57 Å². The molecule has 0 saturated carbocycles. The fourth-order valence-electron chi connectivity index (χ4n) is 5.98. The molecule has 7 nitrogen and oxygen atoms in total. The molecule has 0 spiro atoms. The maximum Gasteiger partial charge on any atom is 0.319 e. The van der Waals surface area contributed by atoms with Crippen LogP contribution in [0.5, 0.6) is 17.2 Å². The van der Waals surface area contributed by atoms with Crippen LogP contribution in [0.15, 0.2) is 66.7 Å². The standard InChI is InChI=1S/C29H20ClNO6/c1-14-5-7-18-20-12-19(15-6-8-21-23(10-15)36-13-35-21)24-26(25(20)29(34)37-22(18)9-14)28(33)31(27(24)32)17-4-2-3-16(30)11-17/h2-12,19,24-26H,13H2,1H3/t19-,24-,25-,26-/m1/s1. The molecule has 4 atom stereocenters. The molecule has 0 bridgehead atoms. The van der Waals surface area contributed by atoms with Crippen LogP contribution in [-0.4, -0.2) is 24.6 Å². The van der Waals surface area contributed by atoms with E-state index in [-0.39, 0.29) is 12.7 Å². The molecule has 37 heavy (non-hydrogen) atoms. The molecular weight excluding hydrogens is 494 g/mol. The van der Waals surface area contributed by atoms with Crippen LogP contribution >= 0.6 is 11.6 Å². The number of carbonyl (C=O) groups excluding carboxylic acids is 3. The maximum atomic E-state index is 14.0. The van der Waals surface area contributed by atoms with Crippen LogP contribution in [-0.2, 0) is 14.4 Å². The van der Waals surface area contributed by atoms with Crippen LogP contribution in [0.4, 0.5) is 5.69 Å². The molecule has 0 unspecified atom stereocenters. The Bertz CT molecular complexity index is 1560. The highest BCUT2D eigenvalue weighted by Crippen LogP contribution is 2.55. The van der Waals surface area contributed by atoms with Crippen molar-refractivity contribution in [3.05, 3.63) is 88.5 Å². The van der Waals surface area contributed by atoms with Crippen molar-refractivity contribution in [3.63, 3.8) is 0 Å². The first kappa shape index (κ1) is 22.1. The van der Waals surface area contributed by atoms with Crippen LogP contribution in [0.1, 0.15) is 22.6 Å². The first-order chi connectivity index (χ1) is 17.9. The predicted octanol–water partition coefficient (Wildman–Crippen LogP) is 4.90. The van der Waals surface area contributed by atoms with E-state index in [4.69, 9.17) is 25.8 Å². The van der Waals surface area contributed by atoms with Crippen molar-refractivity contribution in [2.75, 3.05) is 11.7 Å². The average Bonchev–Trinajstić information content (AvgIpc) is 3.45. The minimum absolute atomic E-state index is 0.122. The molecule has 3 aromatic rings. The maximum absolute atomic E-state index is 14.0. The highest BCUT2D eigenvalue weighted by atomic mass is 35.5. The largest absolute Gasteiger partial charge is 0.454 e. The molecule has 0 radical (unpaired) electrons. The number of hydrogen-bond acceptors (Lipinski definition) is 6. The zero-order chi connectivity index (χ0) is 25.4. The Kier molecular flexibility index (Phi) is 4.75. The molecule has 7 rings (SSSR count). The Morgan fingerprint density at radius 3 is 2.51 bits per heavy atom. The zero-order valence-corrected chi connectivity index (χ0v) is 20.4. The van der Waals surface area contributed by atoms with E-state index in [9.17, 15) is 14.4 Å². The minimum Gasteiger partial charge on any atom is -0.454 e. The van der Waals surface area contributed by atoms with Crippen molar-refractivity contribution >= 4 is 40.6 Å². The van der Waals surface area contributed by atoms with Gasteiger partial charge in [-0.15, -0.1) is 0 Å². The Balaban J connectivity index is 1.43. The lowest BCUT2D eigenvalue weighted by molar-refractivity contribution is -0.142. The van der Waals surface area contributed by atoms with E-state index < -0.39 is 35.5 Å². The summed E-state index contributed by atoms with van der Waals surface area (Å²) < 4.78 is 16.8. The Morgan fingerprint density at radius 1 is 0.865 bits per heavy atom. The number of ether oxygens (including phenoxy) is 3. The Hall–Kier alpha value is -4.10. The number of aryl methyl sites for hydroxylation is 1. The van der Waals surface area contributed by atoms with Gasteiger partial charge in [0.15, 0.2) is 11.5 Å². The fourth-order valence-corrected chi connectivity index (χ4v) is 6.17. The number of carbonyl (C=O) groups is 3. The number of imide groups is 1. The third-order valence-electron chi connectivity index (χ3n) is 7.60. The Morgan fingerprint density at radius 2 is 1.68 bits per heavy atom. The zero-order valence-electron chi connectivity index (χ0n) is 19.6. The van der Waals surface area contributed by atoms with Crippen LogP contribution in [0.3, 0.4) is 0 Å². The second kappa shape index (κ2) is 7.95. The van der Waals surface area contributed by atoms with Gasteiger partial charge in [-0.3, -0.25) is 14.4 Å². The molecule has 1 fully saturated rings. The number of esters is 1. The van der Waals surface area contributed by atoms with E-state index in [0.29, 0.717) is 33.5 Å². The van der Waals surface area contributed by atoms with E-state index in [0.717, 1.165) is 21.6 Å². The second-order valence-corrected chi connectivity index (χ2v) is 10.1. The fraction of sp³-hybridized carbons (Fsp3) is 0.207. The van der Waals surface area contributed by atoms with Gasteiger partial charge in [0, 0.05) is 16.5 Å². The van der Waals surface area contributed by atoms with E-state index in [2.05, 4.69) is 0 Å². The van der Waals surface area contributed by atoms with E-state index in [1.54, 1.807) is 30.3 Å². The molecule has 184 valence electrons. The van der Waals surface area contributed by atoms with Crippen molar-refractivity contribution in [1.82, 2.24) is 0 Å². The summed E-state index contributed by atoms with van der Waals surface area (Å²) in [6.07, 6.45) is 1.95. The van der Waals surface area contributed by atoms with Crippen LogP contribution in [0.2, 0.25) is 5.02 Å². The number of anilines is 1. The SMILES string of the molecule is Cc1ccc2c(c1)OC(=O)[C@@H]1C2=C[C@H](c2ccc3c(c2)OCO3)[C@H]2C(=O)N(c3cccc(Cl)c3)C(=O)[C@@H]12. The lowest BCUT2D eigenvalue weighted by Gasteiger charge is -2.38. The summed E-state index contributed by atoms with van der Waals surface area (Å²) >= 11 is 6.19. The summed E-state index contributed by atoms with van der Waals surface area (Å²) in [6, 6.07) is 17.8. The van der Waals surface area contributed by atoms with Gasteiger partial charge in [-0.05, 0) is 60.0 Å². The van der Waals surface area contributed by atoms with Gasteiger partial charge in [0.25, 0.3) is 0 Å². The van der Waals surface area contributed by atoms with Crippen molar-refractivity contribution < 1.29 is 28.6 Å². The minimum atomic E-state index is -0.927. The molecule has 4 aliphatic rings. The average molecular weight is 514 g/mol. The number of amides is 2. The lowest BCUT2D eigenvalue weighted by Crippen LogP contribution is -2.42. The molecule has 8 heteroatoms. The molecule has 1 saturated heterocycles. The van der Waals surface area contributed by atoms with Gasteiger partial charge in [0.1, 0.15) is 5.75 Å². The first-order valence-electron chi connectivity index (χ1n) is 12.0. The molecule has 1 aliphatic carbocycles. The molecule has 3 aliphatic heterocycles. The number of halogens is 1. The number of nitrogens with zero attached hydrogens (tertiary/aromatic N) is 1. The van der Waals surface area contributed by atoms with Crippen molar-refractivity contribution in [2.45, 2.75) is 12.8 Å². The monoisotopic (exact) mass is 513 g/mol. The molecule has 3 heterocycles. The smallest absolute Gasteiger partial charge is 0.319 e. The van der Waals surface area contributed by atoms with Crippen LogP contribution in [0, 0.1) is 24.7 Å². The lowest BCUT2D eigenvalue weighted by atomic mass is 9.64. The quantitative estimate of drug-likeness (QED) is 0.275. The third-order valence-corrected chi connectivity index (χ3v) is 7.83. The van der Waals surface area contributed by atoms with Gasteiger partial charge in [-0.25, -0.2) is 4.90 Å². The van der Waals surface area contributed by atoms with Crippen molar-refractivity contribution in [2.24, 2.45) is 17.8 Å². The van der Waals surface area contributed by atoms with E-state index in [1.165, 1.54) is 0 Å². The highest BCUT2D eigenvalue weighted by molar-refractivity contribution is 6.31. The number of hydrogen-bond donors (Lipinski definition) is 0. The van der Waals surface area contributed by atoms with Gasteiger partial charge in [0.2, 0.25) is 18.6 Å². The van der Waals surface area contributed by atoms with Gasteiger partial charge >= 0.3 is 5.97 Å². The number of fused-ring (bicyclic) bond motifs is 6. The highest BCUT2D eigenvalue weighted by Gasteiger charge is 2.60. The van der Waals surface area contributed by atoms with Crippen molar-refractivity contribution in [1.29, 1.82) is 0 Å². The van der Waals surface area contributed by atoms with Crippen molar-refractivity contribution in [3.8, 4) is 17.2 Å². The molecule has 3 aromatic carbocycles. The molecule has 0 N–H and O–H groups in total. The topological polar surface area (TPSA) is 82.1 Å². The van der Waals surface area contributed by atoms with Crippen LogP contribution < -0.4 is 19.1 Å². The second-order valence-electron chi connectivity index (χ2n) is 9.70. The van der Waals surface area contributed by atoms with E-state index in [1.807, 2.05) is 43.3 Å². The number of rotatable bonds is 2. The summed E-state index contributed by atoms with van der Waals surface area (Å²) in [6.45, 7) is 2.04. The number of allylic oxidation sites excluding steroid dienone is 1. The van der Waals surface area contributed by atoms with Gasteiger partial charge < -0.3 is 14.2 Å². The summed E-state index contributed by atoms with van der Waals surface area (Å²) in [5.74, 6) is -2.79. The van der Waals surface area contributed by atoms with Gasteiger partial charge in [0.05, 0.1) is 23.4 Å². The van der Waals surface area contributed by atoms with Gasteiger partial charge in [-0.2, -0.15) is 0 Å². The summed E-state index contributed by atoms with van der Waals surface area (Å²) in [4.78, 5) is 42.5. The normalized spacial score (nSPS) is 25.3. The summed E-state index contributed by atoms with van der Waals surface area (Å²) in [5.41, 5.74) is 3.57. The number of benzene rings is 3. The predicted molar refractivity (Wildman–Crippen MR) is 135 cm³/mol. The summed E-state index contributed by atoms with van der Waals surface area (Å²) in [5, 5.41) is 0.403. The molecule has 2 amide bonds. The summed E-state index contributed by atoms with van der Waals surface area (Å²) in [7, 11) is 0. The molecule has 0 aromatic heterocycles. The third kappa shape index (κ3) is 3.23. The van der Waals surface area contributed by atoms with Gasteiger partial charge in [-0.1, -0.05) is 41.9 Å². The van der Waals surface area contributed by atoms with E-state index >= 15 is 0 Å². The Labute approximate surface area is 217 Å². The first-order valence-corrected chi connectivity index (χ1v) is 12.4.